The first-order valence-corrected chi connectivity index (χ1v) is 9.60. The molecule has 22 heavy (non-hydrogen) atoms. The minimum atomic E-state index is -0.191. The zero-order chi connectivity index (χ0) is 16.3. The zero-order valence-electron chi connectivity index (χ0n) is 14.9. The van der Waals surface area contributed by atoms with Gasteiger partial charge in [0.1, 0.15) is 0 Å². The van der Waals surface area contributed by atoms with E-state index in [1.807, 2.05) is 0 Å². The summed E-state index contributed by atoms with van der Waals surface area (Å²) < 4.78 is 0. The molecule has 0 saturated carbocycles. The molecule has 0 aromatic carbocycles. The fraction of sp³-hybridized carbons (Fsp3) is 1.00. The number of nitrogens with one attached hydrogen (secondary N) is 2. The molecule has 0 saturated heterocycles. The summed E-state index contributed by atoms with van der Waals surface area (Å²) in [7, 11) is 0. The van der Waals surface area contributed by atoms with Crippen LogP contribution in [0.5, 0.6) is 0 Å². The Morgan fingerprint density at radius 3 is 1.91 bits per heavy atom. The van der Waals surface area contributed by atoms with Crippen molar-refractivity contribution in [2.24, 2.45) is 5.73 Å². The van der Waals surface area contributed by atoms with E-state index in [-0.39, 0.29) is 6.10 Å². The second kappa shape index (κ2) is 18.9. The lowest BCUT2D eigenvalue weighted by Crippen LogP contribution is -2.34. The van der Waals surface area contributed by atoms with E-state index in [1.165, 1.54) is 57.8 Å². The maximum Gasteiger partial charge on any atom is 0.0664 e. The summed E-state index contributed by atoms with van der Waals surface area (Å²) in [6, 6.07) is 0. The van der Waals surface area contributed by atoms with Crippen LogP contribution in [0, 0.1) is 0 Å². The van der Waals surface area contributed by atoms with Crippen LogP contribution in [0.25, 0.3) is 0 Å². The van der Waals surface area contributed by atoms with Gasteiger partial charge in [0.05, 0.1) is 6.10 Å². The van der Waals surface area contributed by atoms with Crippen molar-refractivity contribution >= 4 is 0 Å². The minimum absolute atomic E-state index is 0.191. The van der Waals surface area contributed by atoms with E-state index in [4.69, 9.17) is 5.73 Å². The van der Waals surface area contributed by atoms with Gasteiger partial charge in [-0.05, 0) is 6.42 Å². The summed E-state index contributed by atoms with van der Waals surface area (Å²) in [5.41, 5.74) is 5.39. The van der Waals surface area contributed by atoms with E-state index in [9.17, 15) is 5.11 Å². The normalized spacial score (nSPS) is 12.7. The predicted octanol–water partition coefficient (Wildman–Crippen LogP) is 2.80. The molecule has 0 aromatic heterocycles. The second-order valence-corrected chi connectivity index (χ2v) is 6.37. The number of rotatable bonds is 18. The SMILES string of the molecule is CCCCCCCCCCCCC(O)CNCCNCCN. The Labute approximate surface area is 138 Å². The van der Waals surface area contributed by atoms with Gasteiger partial charge >= 0.3 is 0 Å². The Morgan fingerprint density at radius 1 is 0.773 bits per heavy atom. The fourth-order valence-corrected chi connectivity index (χ4v) is 2.64. The molecule has 0 aliphatic carbocycles. The van der Waals surface area contributed by atoms with Gasteiger partial charge in [-0.3, -0.25) is 0 Å². The molecule has 4 nitrogen and oxygen atoms in total. The third-order valence-electron chi connectivity index (χ3n) is 4.07. The minimum Gasteiger partial charge on any atom is -0.392 e. The van der Waals surface area contributed by atoms with E-state index in [0.29, 0.717) is 13.1 Å². The van der Waals surface area contributed by atoms with Crippen LogP contribution in [0.3, 0.4) is 0 Å². The van der Waals surface area contributed by atoms with Crippen molar-refractivity contribution < 1.29 is 5.11 Å². The molecule has 0 bridgehead atoms. The first kappa shape index (κ1) is 21.8. The first-order valence-electron chi connectivity index (χ1n) is 9.60. The van der Waals surface area contributed by atoms with Crippen molar-refractivity contribution in [3.05, 3.63) is 0 Å². The highest BCUT2D eigenvalue weighted by molar-refractivity contribution is 4.61. The number of hydrogen-bond donors (Lipinski definition) is 4. The zero-order valence-corrected chi connectivity index (χ0v) is 14.9. The summed E-state index contributed by atoms with van der Waals surface area (Å²) in [5, 5.41) is 16.4. The van der Waals surface area contributed by atoms with Gasteiger partial charge < -0.3 is 21.5 Å². The first-order chi connectivity index (χ1) is 10.8. The van der Waals surface area contributed by atoms with Gasteiger partial charge in [-0.25, -0.2) is 0 Å². The average Bonchev–Trinajstić information content (AvgIpc) is 2.52. The highest BCUT2D eigenvalue weighted by atomic mass is 16.3. The molecule has 0 fully saturated rings. The van der Waals surface area contributed by atoms with Crippen LogP contribution in [-0.4, -0.2) is 43.9 Å². The van der Waals surface area contributed by atoms with Crippen molar-refractivity contribution in [3.8, 4) is 0 Å². The van der Waals surface area contributed by atoms with E-state index in [1.54, 1.807) is 0 Å². The molecule has 0 aliphatic heterocycles. The van der Waals surface area contributed by atoms with Crippen LogP contribution in [-0.2, 0) is 0 Å². The Morgan fingerprint density at radius 2 is 1.32 bits per heavy atom. The number of hydrogen-bond acceptors (Lipinski definition) is 4. The Balaban J connectivity index is 3.10. The lowest BCUT2D eigenvalue weighted by Gasteiger charge is -2.12. The summed E-state index contributed by atoms with van der Waals surface area (Å²) >= 11 is 0. The molecule has 0 amide bonds. The van der Waals surface area contributed by atoms with Crippen molar-refractivity contribution in [1.29, 1.82) is 0 Å². The predicted molar refractivity (Wildman–Crippen MR) is 97.3 cm³/mol. The van der Waals surface area contributed by atoms with E-state index >= 15 is 0 Å². The molecule has 0 spiro atoms. The number of nitrogens with two attached hydrogens (primary N) is 1. The molecule has 4 heteroatoms. The molecule has 1 atom stereocenters. The van der Waals surface area contributed by atoms with Crippen molar-refractivity contribution in [2.45, 2.75) is 83.7 Å². The van der Waals surface area contributed by atoms with Crippen LogP contribution < -0.4 is 16.4 Å². The largest absolute Gasteiger partial charge is 0.392 e. The van der Waals surface area contributed by atoms with Gasteiger partial charge in [-0.2, -0.15) is 0 Å². The third-order valence-corrected chi connectivity index (χ3v) is 4.07. The fourth-order valence-electron chi connectivity index (χ4n) is 2.64. The molecule has 0 rings (SSSR count). The third kappa shape index (κ3) is 17.9. The average molecular weight is 316 g/mol. The summed E-state index contributed by atoms with van der Waals surface area (Å²) in [6.45, 7) is 6.34. The monoisotopic (exact) mass is 315 g/mol. The van der Waals surface area contributed by atoms with Gasteiger partial charge in [0, 0.05) is 32.7 Å². The highest BCUT2D eigenvalue weighted by Crippen LogP contribution is 2.11. The lowest BCUT2D eigenvalue weighted by molar-refractivity contribution is 0.158. The Bertz CT molecular complexity index is 203. The highest BCUT2D eigenvalue weighted by Gasteiger charge is 2.02. The van der Waals surface area contributed by atoms with Gasteiger partial charge in [-0.15, -0.1) is 0 Å². The van der Waals surface area contributed by atoms with Crippen molar-refractivity contribution in [2.75, 3.05) is 32.7 Å². The summed E-state index contributed by atoms with van der Waals surface area (Å²) in [6.07, 6.45) is 14.2. The second-order valence-electron chi connectivity index (χ2n) is 6.37. The summed E-state index contributed by atoms with van der Waals surface area (Å²) in [5.74, 6) is 0. The van der Waals surface area contributed by atoms with Gasteiger partial charge in [0.15, 0.2) is 0 Å². The Kier molecular flexibility index (Phi) is 18.8. The molecule has 1 unspecified atom stereocenters. The van der Waals surface area contributed by atoms with Crippen LogP contribution in [0.2, 0.25) is 0 Å². The van der Waals surface area contributed by atoms with Crippen LogP contribution >= 0.6 is 0 Å². The Hall–Kier alpha value is -0.160. The molecular formula is C18H41N3O. The lowest BCUT2D eigenvalue weighted by atomic mass is 10.0. The van der Waals surface area contributed by atoms with Gasteiger partial charge in [0.2, 0.25) is 0 Å². The van der Waals surface area contributed by atoms with Gasteiger partial charge in [0.25, 0.3) is 0 Å². The van der Waals surface area contributed by atoms with E-state index < -0.39 is 0 Å². The van der Waals surface area contributed by atoms with Crippen molar-refractivity contribution in [3.63, 3.8) is 0 Å². The molecule has 134 valence electrons. The molecule has 0 aliphatic rings. The quantitative estimate of drug-likeness (QED) is 0.294. The number of aliphatic hydroxyl groups is 1. The molecule has 0 heterocycles. The molecule has 0 radical (unpaired) electrons. The maximum absolute atomic E-state index is 9.87. The summed E-state index contributed by atoms with van der Waals surface area (Å²) in [4.78, 5) is 0. The topological polar surface area (TPSA) is 70.3 Å². The van der Waals surface area contributed by atoms with Crippen LogP contribution in [0.4, 0.5) is 0 Å². The van der Waals surface area contributed by atoms with Crippen LogP contribution in [0.15, 0.2) is 0 Å². The van der Waals surface area contributed by atoms with Gasteiger partial charge in [-0.1, -0.05) is 71.1 Å². The van der Waals surface area contributed by atoms with E-state index in [0.717, 1.165) is 32.5 Å². The molecule has 5 N–H and O–H groups in total. The number of unbranched alkanes of at least 4 members (excludes halogenated alkanes) is 9. The standard InChI is InChI=1S/C18H41N3O/c1-2-3-4-5-6-7-8-9-10-11-12-18(22)17-21-16-15-20-14-13-19/h18,20-22H,2-17,19H2,1H3. The van der Waals surface area contributed by atoms with Crippen LogP contribution in [0.1, 0.15) is 77.6 Å². The smallest absolute Gasteiger partial charge is 0.0664 e. The number of aliphatic hydroxyl groups excluding tert-OH is 1. The maximum atomic E-state index is 9.87. The molecule has 0 aromatic rings. The molecular weight excluding hydrogens is 274 g/mol. The van der Waals surface area contributed by atoms with Crippen molar-refractivity contribution in [1.82, 2.24) is 10.6 Å². The van der Waals surface area contributed by atoms with E-state index in [2.05, 4.69) is 17.6 Å².